The number of hydrogen-bond donors (Lipinski definition) is 1. The maximum absolute atomic E-state index is 6.04. The van der Waals surface area contributed by atoms with Crippen LogP contribution in [-0.2, 0) is 6.54 Å². The Morgan fingerprint density at radius 2 is 2.39 bits per heavy atom. The Morgan fingerprint density at radius 1 is 1.61 bits per heavy atom. The molecule has 1 aromatic rings. The number of halogens is 1. The highest BCUT2D eigenvalue weighted by Gasteiger charge is 2.22. The third kappa shape index (κ3) is 2.94. The number of piperidine rings is 1. The van der Waals surface area contributed by atoms with Crippen molar-refractivity contribution in [2.24, 2.45) is 5.73 Å². The predicted octanol–water partition coefficient (Wildman–Crippen LogP) is 1.72. The molecule has 2 rings (SSSR count). The molecule has 100 valence electrons. The summed E-state index contributed by atoms with van der Waals surface area (Å²) in [6.07, 6.45) is 4.15. The molecular formula is C13H21ClN4. The van der Waals surface area contributed by atoms with Crippen LogP contribution in [0.4, 0.5) is 5.82 Å². The molecule has 1 unspecified atom stereocenters. The average molecular weight is 269 g/mol. The van der Waals surface area contributed by atoms with E-state index in [1.165, 1.54) is 19.4 Å². The Morgan fingerprint density at radius 3 is 3.06 bits per heavy atom. The summed E-state index contributed by atoms with van der Waals surface area (Å²) in [6, 6.07) is 2.51. The molecule has 0 aromatic carbocycles. The van der Waals surface area contributed by atoms with Gasteiger partial charge in [-0.15, -0.1) is 0 Å². The van der Waals surface area contributed by atoms with Gasteiger partial charge in [-0.1, -0.05) is 11.6 Å². The quantitative estimate of drug-likeness (QED) is 0.907. The second-order valence-corrected chi connectivity index (χ2v) is 5.41. The molecule has 0 radical (unpaired) electrons. The molecule has 0 amide bonds. The molecule has 4 nitrogen and oxygen atoms in total. The molecule has 1 aliphatic rings. The van der Waals surface area contributed by atoms with E-state index >= 15 is 0 Å². The van der Waals surface area contributed by atoms with Crippen LogP contribution < -0.4 is 10.6 Å². The zero-order valence-electron chi connectivity index (χ0n) is 11.1. The first-order valence-corrected chi connectivity index (χ1v) is 6.75. The number of likely N-dealkylation sites (tertiary alicyclic amines) is 1. The van der Waals surface area contributed by atoms with Crippen molar-refractivity contribution in [3.8, 4) is 0 Å². The fraction of sp³-hybridized carbons (Fsp3) is 0.615. The molecule has 2 N–H and O–H groups in total. The average Bonchev–Trinajstić information content (AvgIpc) is 2.38. The van der Waals surface area contributed by atoms with Crippen LogP contribution in [0.25, 0.3) is 0 Å². The maximum atomic E-state index is 6.04. The fourth-order valence-corrected chi connectivity index (χ4v) is 2.64. The van der Waals surface area contributed by atoms with Gasteiger partial charge in [-0.25, -0.2) is 4.98 Å². The summed E-state index contributed by atoms with van der Waals surface area (Å²) in [5, 5.41) is 0.649. The third-order valence-corrected chi connectivity index (χ3v) is 3.99. The minimum atomic E-state index is 0.451. The van der Waals surface area contributed by atoms with E-state index in [1.807, 2.05) is 6.07 Å². The van der Waals surface area contributed by atoms with Gasteiger partial charge in [-0.2, -0.15) is 0 Å². The van der Waals surface area contributed by atoms with Gasteiger partial charge in [0.15, 0.2) is 0 Å². The highest BCUT2D eigenvalue weighted by Crippen LogP contribution is 2.23. The molecule has 0 aliphatic carbocycles. The van der Waals surface area contributed by atoms with Crippen LogP contribution in [0.2, 0.25) is 5.02 Å². The lowest BCUT2D eigenvalue weighted by molar-refractivity contribution is 0.247. The molecule has 0 saturated carbocycles. The maximum Gasteiger partial charge on any atom is 0.128 e. The summed E-state index contributed by atoms with van der Waals surface area (Å²) >= 11 is 6.04. The molecule has 1 aliphatic heterocycles. The first-order chi connectivity index (χ1) is 8.61. The Labute approximate surface area is 114 Å². The summed E-state index contributed by atoms with van der Waals surface area (Å²) in [5.74, 6) is 0.958. The van der Waals surface area contributed by atoms with Crippen LogP contribution in [0.15, 0.2) is 12.3 Å². The third-order valence-electron chi connectivity index (χ3n) is 3.65. The normalized spacial score (nSPS) is 21.0. The van der Waals surface area contributed by atoms with E-state index in [2.05, 4.69) is 28.9 Å². The van der Waals surface area contributed by atoms with E-state index in [9.17, 15) is 0 Å². The van der Waals surface area contributed by atoms with Crippen LogP contribution in [0.3, 0.4) is 0 Å². The standard InChI is InChI=1S/C13H21ClN4/c1-17-5-3-4-11(9-17)18(2)13-6-10(7-15)12(14)8-16-13/h6,8,11H,3-5,7,9,15H2,1-2H3. The molecule has 1 saturated heterocycles. The van der Waals surface area contributed by atoms with Crippen molar-refractivity contribution in [1.29, 1.82) is 0 Å². The number of likely N-dealkylation sites (N-methyl/N-ethyl adjacent to an activating group) is 2. The zero-order valence-corrected chi connectivity index (χ0v) is 11.8. The van der Waals surface area contributed by atoms with Gasteiger partial charge >= 0.3 is 0 Å². The summed E-state index contributed by atoms with van der Waals surface area (Å²) < 4.78 is 0. The van der Waals surface area contributed by atoms with Gasteiger partial charge in [0.2, 0.25) is 0 Å². The lowest BCUT2D eigenvalue weighted by atomic mass is 10.0. The molecule has 1 atom stereocenters. The second-order valence-electron chi connectivity index (χ2n) is 5.01. The summed E-state index contributed by atoms with van der Waals surface area (Å²) in [7, 11) is 4.26. The van der Waals surface area contributed by atoms with E-state index in [4.69, 9.17) is 17.3 Å². The van der Waals surface area contributed by atoms with Crippen LogP contribution in [0.1, 0.15) is 18.4 Å². The number of pyridine rings is 1. The molecule has 0 bridgehead atoms. The Bertz CT molecular complexity index is 410. The van der Waals surface area contributed by atoms with Crippen molar-refractivity contribution in [3.63, 3.8) is 0 Å². The number of nitrogens with two attached hydrogens (primary N) is 1. The zero-order chi connectivity index (χ0) is 13.1. The van der Waals surface area contributed by atoms with Gasteiger partial charge in [-0.05, 0) is 38.1 Å². The van der Waals surface area contributed by atoms with Crippen molar-refractivity contribution < 1.29 is 0 Å². The van der Waals surface area contributed by atoms with Crippen LogP contribution in [-0.4, -0.2) is 43.1 Å². The van der Waals surface area contributed by atoms with Crippen molar-refractivity contribution >= 4 is 17.4 Å². The number of hydrogen-bond acceptors (Lipinski definition) is 4. The highest BCUT2D eigenvalue weighted by molar-refractivity contribution is 6.31. The van der Waals surface area contributed by atoms with Gasteiger partial charge in [0, 0.05) is 32.4 Å². The smallest absolute Gasteiger partial charge is 0.128 e. The largest absolute Gasteiger partial charge is 0.355 e. The Balaban J connectivity index is 2.14. The summed E-state index contributed by atoms with van der Waals surface area (Å²) in [5.41, 5.74) is 6.64. The highest BCUT2D eigenvalue weighted by atomic mass is 35.5. The number of rotatable bonds is 3. The summed E-state index contributed by atoms with van der Waals surface area (Å²) in [4.78, 5) is 9.01. The van der Waals surface area contributed by atoms with E-state index in [0.717, 1.165) is 17.9 Å². The molecule has 2 heterocycles. The van der Waals surface area contributed by atoms with Gasteiger partial charge in [0.25, 0.3) is 0 Å². The van der Waals surface area contributed by atoms with Gasteiger partial charge in [0.1, 0.15) is 5.82 Å². The second kappa shape index (κ2) is 5.87. The SMILES string of the molecule is CN1CCCC(N(C)c2cc(CN)c(Cl)cn2)C1. The van der Waals surface area contributed by atoms with Crippen molar-refractivity contribution in [2.75, 3.05) is 32.1 Å². The predicted molar refractivity (Wildman–Crippen MR) is 76.1 cm³/mol. The Hall–Kier alpha value is -0.840. The Kier molecular flexibility index (Phi) is 4.43. The van der Waals surface area contributed by atoms with Crippen molar-refractivity contribution in [1.82, 2.24) is 9.88 Å². The topological polar surface area (TPSA) is 45.4 Å². The van der Waals surface area contributed by atoms with E-state index < -0.39 is 0 Å². The first-order valence-electron chi connectivity index (χ1n) is 6.37. The van der Waals surface area contributed by atoms with Crippen LogP contribution in [0, 0.1) is 0 Å². The number of nitrogens with zero attached hydrogens (tertiary/aromatic N) is 3. The molecular weight excluding hydrogens is 248 g/mol. The minimum absolute atomic E-state index is 0.451. The van der Waals surface area contributed by atoms with E-state index in [-0.39, 0.29) is 0 Å². The van der Waals surface area contributed by atoms with Gasteiger partial charge in [0.05, 0.1) is 5.02 Å². The van der Waals surface area contributed by atoms with E-state index in [1.54, 1.807) is 6.20 Å². The molecule has 1 fully saturated rings. The first kappa shape index (κ1) is 13.6. The van der Waals surface area contributed by atoms with Crippen molar-refractivity contribution in [2.45, 2.75) is 25.4 Å². The lowest BCUT2D eigenvalue weighted by Gasteiger charge is -2.36. The molecule has 0 spiro atoms. The lowest BCUT2D eigenvalue weighted by Crippen LogP contribution is -2.45. The summed E-state index contributed by atoms with van der Waals surface area (Å²) in [6.45, 7) is 2.72. The van der Waals surface area contributed by atoms with Crippen LogP contribution in [0.5, 0.6) is 0 Å². The number of anilines is 1. The van der Waals surface area contributed by atoms with E-state index in [0.29, 0.717) is 17.6 Å². The molecule has 1 aromatic heterocycles. The minimum Gasteiger partial charge on any atom is -0.355 e. The van der Waals surface area contributed by atoms with Crippen molar-refractivity contribution in [3.05, 3.63) is 22.8 Å². The monoisotopic (exact) mass is 268 g/mol. The van der Waals surface area contributed by atoms with Gasteiger partial charge < -0.3 is 15.5 Å². The number of aromatic nitrogens is 1. The van der Waals surface area contributed by atoms with Crippen LogP contribution >= 0.6 is 11.6 Å². The molecule has 18 heavy (non-hydrogen) atoms. The fourth-order valence-electron chi connectivity index (χ4n) is 2.46. The van der Waals surface area contributed by atoms with Gasteiger partial charge in [-0.3, -0.25) is 0 Å². The molecule has 5 heteroatoms.